The Morgan fingerprint density at radius 3 is 2.63 bits per heavy atom. The van der Waals surface area contributed by atoms with Crippen molar-refractivity contribution in [3.63, 3.8) is 0 Å². The van der Waals surface area contributed by atoms with Crippen LogP contribution in [0.25, 0.3) is 0 Å². The molecule has 1 N–H and O–H groups in total. The molecular formula is C20H33N5O2. The quantitative estimate of drug-likeness (QED) is 0.718. The van der Waals surface area contributed by atoms with Gasteiger partial charge in [-0.15, -0.1) is 0 Å². The number of ether oxygens (including phenoxy) is 1. The Hall–Kier alpha value is -1.70. The minimum atomic E-state index is 0.131. The van der Waals surface area contributed by atoms with Crippen LogP contribution in [0.15, 0.2) is 18.3 Å². The molecular weight excluding hydrogens is 342 g/mol. The maximum Gasteiger partial charge on any atom is 0.220 e. The fraction of sp³-hybridized carbons (Fsp3) is 0.700. The molecule has 0 atom stereocenters. The van der Waals surface area contributed by atoms with E-state index >= 15 is 0 Å². The molecule has 0 aromatic carbocycles. The number of nitrogens with one attached hydrogen (secondary N) is 1. The van der Waals surface area contributed by atoms with E-state index in [1.807, 2.05) is 12.3 Å². The second-order valence-electron chi connectivity index (χ2n) is 7.25. The van der Waals surface area contributed by atoms with Crippen LogP contribution in [0.3, 0.4) is 0 Å². The molecule has 7 heteroatoms. The van der Waals surface area contributed by atoms with Gasteiger partial charge in [0.25, 0.3) is 0 Å². The monoisotopic (exact) mass is 375 g/mol. The fourth-order valence-corrected chi connectivity index (χ4v) is 3.61. The molecule has 2 aliphatic heterocycles. The Bertz CT molecular complexity index is 583. The predicted octanol–water partition coefficient (Wildman–Crippen LogP) is 0.605. The number of amides is 1. The standard InChI is InChI=1S/C20H33N5O2/c1-2-23-9-11-24(12-10-23)8-7-22-20(26)4-3-18-5-6-21-19(17-18)25-13-15-27-16-14-25/h5-6,17H,2-4,7-16H2,1H3,(H,22,26). The molecule has 2 saturated heterocycles. The maximum absolute atomic E-state index is 12.2. The molecule has 0 unspecified atom stereocenters. The summed E-state index contributed by atoms with van der Waals surface area (Å²) in [6, 6.07) is 4.11. The molecule has 27 heavy (non-hydrogen) atoms. The van der Waals surface area contributed by atoms with Crippen molar-refractivity contribution in [1.82, 2.24) is 20.1 Å². The van der Waals surface area contributed by atoms with Gasteiger partial charge in [-0.3, -0.25) is 9.69 Å². The van der Waals surface area contributed by atoms with Crippen LogP contribution in [0.2, 0.25) is 0 Å². The lowest BCUT2D eigenvalue weighted by Gasteiger charge is -2.33. The van der Waals surface area contributed by atoms with Crippen LogP contribution >= 0.6 is 0 Å². The largest absolute Gasteiger partial charge is 0.378 e. The summed E-state index contributed by atoms with van der Waals surface area (Å²) >= 11 is 0. The number of rotatable bonds is 8. The van der Waals surface area contributed by atoms with Gasteiger partial charge in [0, 0.05) is 65.0 Å². The molecule has 0 aliphatic carbocycles. The Balaban J connectivity index is 1.34. The van der Waals surface area contributed by atoms with E-state index in [2.05, 4.69) is 38.0 Å². The van der Waals surface area contributed by atoms with E-state index in [1.165, 1.54) is 0 Å². The van der Waals surface area contributed by atoms with Crippen molar-refractivity contribution in [2.75, 3.05) is 77.0 Å². The molecule has 1 amide bonds. The summed E-state index contributed by atoms with van der Waals surface area (Å²) in [4.78, 5) is 23.8. The van der Waals surface area contributed by atoms with E-state index in [9.17, 15) is 4.79 Å². The number of anilines is 1. The number of hydrogen-bond acceptors (Lipinski definition) is 6. The molecule has 1 aromatic heterocycles. The second kappa shape index (κ2) is 10.6. The second-order valence-corrected chi connectivity index (χ2v) is 7.25. The van der Waals surface area contributed by atoms with Crippen molar-refractivity contribution in [3.8, 4) is 0 Å². The van der Waals surface area contributed by atoms with Crippen LogP contribution in [0, 0.1) is 0 Å². The Labute approximate surface area is 162 Å². The lowest BCUT2D eigenvalue weighted by atomic mass is 10.1. The first-order chi connectivity index (χ1) is 13.2. The highest BCUT2D eigenvalue weighted by Crippen LogP contribution is 2.15. The van der Waals surface area contributed by atoms with Crippen LogP contribution in [-0.2, 0) is 16.0 Å². The number of carbonyl (C=O) groups excluding carboxylic acids is 1. The minimum Gasteiger partial charge on any atom is -0.378 e. The molecule has 2 aliphatic rings. The SMILES string of the molecule is CCN1CCN(CCNC(=O)CCc2ccnc(N3CCOCC3)c2)CC1. The molecule has 2 fully saturated rings. The third-order valence-electron chi connectivity index (χ3n) is 5.45. The predicted molar refractivity (Wildman–Crippen MR) is 107 cm³/mol. The highest BCUT2D eigenvalue weighted by Gasteiger charge is 2.15. The van der Waals surface area contributed by atoms with Gasteiger partial charge < -0.3 is 19.9 Å². The van der Waals surface area contributed by atoms with Crippen LogP contribution in [0.1, 0.15) is 18.9 Å². The van der Waals surface area contributed by atoms with Crippen molar-refractivity contribution in [2.24, 2.45) is 0 Å². The lowest BCUT2D eigenvalue weighted by molar-refractivity contribution is -0.121. The average molecular weight is 376 g/mol. The zero-order valence-corrected chi connectivity index (χ0v) is 16.5. The number of piperazine rings is 1. The number of nitrogens with zero attached hydrogens (tertiary/aromatic N) is 4. The highest BCUT2D eigenvalue weighted by molar-refractivity contribution is 5.76. The van der Waals surface area contributed by atoms with Gasteiger partial charge in [0.2, 0.25) is 5.91 Å². The lowest BCUT2D eigenvalue weighted by Crippen LogP contribution is -2.48. The van der Waals surface area contributed by atoms with Crippen LogP contribution in [-0.4, -0.2) is 92.8 Å². The molecule has 0 spiro atoms. The Morgan fingerprint density at radius 2 is 1.89 bits per heavy atom. The summed E-state index contributed by atoms with van der Waals surface area (Å²) in [5.41, 5.74) is 1.16. The third kappa shape index (κ3) is 6.45. The first-order valence-electron chi connectivity index (χ1n) is 10.2. The Kier molecular flexibility index (Phi) is 7.86. The number of aryl methyl sites for hydroxylation is 1. The van der Waals surface area contributed by atoms with Gasteiger partial charge in [-0.1, -0.05) is 6.92 Å². The van der Waals surface area contributed by atoms with E-state index in [1.54, 1.807) is 0 Å². The van der Waals surface area contributed by atoms with Crippen molar-refractivity contribution in [3.05, 3.63) is 23.9 Å². The number of pyridine rings is 1. The van der Waals surface area contributed by atoms with E-state index in [4.69, 9.17) is 4.74 Å². The molecule has 3 rings (SSSR count). The van der Waals surface area contributed by atoms with Gasteiger partial charge in [-0.05, 0) is 30.7 Å². The van der Waals surface area contributed by atoms with Gasteiger partial charge in [0.1, 0.15) is 5.82 Å². The summed E-state index contributed by atoms with van der Waals surface area (Å²) in [5.74, 6) is 1.12. The van der Waals surface area contributed by atoms with Crippen LogP contribution < -0.4 is 10.2 Å². The molecule has 0 bridgehead atoms. The molecule has 3 heterocycles. The van der Waals surface area contributed by atoms with Crippen LogP contribution in [0.4, 0.5) is 5.82 Å². The highest BCUT2D eigenvalue weighted by atomic mass is 16.5. The number of hydrogen-bond donors (Lipinski definition) is 1. The van der Waals surface area contributed by atoms with Crippen molar-refractivity contribution < 1.29 is 9.53 Å². The minimum absolute atomic E-state index is 0.131. The zero-order chi connectivity index (χ0) is 18.9. The zero-order valence-electron chi connectivity index (χ0n) is 16.5. The molecule has 0 saturated carbocycles. The molecule has 0 radical (unpaired) electrons. The third-order valence-corrected chi connectivity index (χ3v) is 5.45. The van der Waals surface area contributed by atoms with Gasteiger partial charge in [-0.2, -0.15) is 0 Å². The topological polar surface area (TPSA) is 60.9 Å². The van der Waals surface area contributed by atoms with E-state index in [0.717, 1.165) is 89.9 Å². The van der Waals surface area contributed by atoms with E-state index < -0.39 is 0 Å². The van der Waals surface area contributed by atoms with Gasteiger partial charge >= 0.3 is 0 Å². The fourth-order valence-electron chi connectivity index (χ4n) is 3.61. The van der Waals surface area contributed by atoms with Gasteiger partial charge in [0.05, 0.1) is 13.2 Å². The Morgan fingerprint density at radius 1 is 1.15 bits per heavy atom. The summed E-state index contributed by atoms with van der Waals surface area (Å²) in [6.07, 6.45) is 3.12. The number of aromatic nitrogens is 1. The van der Waals surface area contributed by atoms with E-state index in [-0.39, 0.29) is 5.91 Å². The van der Waals surface area contributed by atoms with Crippen molar-refractivity contribution >= 4 is 11.7 Å². The van der Waals surface area contributed by atoms with Gasteiger partial charge in [0.15, 0.2) is 0 Å². The van der Waals surface area contributed by atoms with Gasteiger partial charge in [-0.25, -0.2) is 4.98 Å². The molecule has 7 nitrogen and oxygen atoms in total. The number of carbonyl (C=O) groups is 1. The normalized spacial score (nSPS) is 19.2. The molecule has 150 valence electrons. The van der Waals surface area contributed by atoms with E-state index in [0.29, 0.717) is 6.42 Å². The van der Waals surface area contributed by atoms with Crippen molar-refractivity contribution in [2.45, 2.75) is 19.8 Å². The number of likely N-dealkylation sites (N-methyl/N-ethyl adjacent to an activating group) is 1. The first-order valence-corrected chi connectivity index (χ1v) is 10.2. The van der Waals surface area contributed by atoms with Crippen LogP contribution in [0.5, 0.6) is 0 Å². The average Bonchev–Trinajstić information content (AvgIpc) is 2.73. The molecule has 1 aromatic rings. The summed E-state index contributed by atoms with van der Waals surface area (Å²) in [5, 5.41) is 3.07. The summed E-state index contributed by atoms with van der Waals surface area (Å²) in [7, 11) is 0. The maximum atomic E-state index is 12.2. The smallest absolute Gasteiger partial charge is 0.220 e. The van der Waals surface area contributed by atoms with Crippen molar-refractivity contribution in [1.29, 1.82) is 0 Å². The first kappa shape index (κ1) is 20.0. The summed E-state index contributed by atoms with van der Waals surface area (Å²) in [6.45, 7) is 12.8. The summed E-state index contributed by atoms with van der Waals surface area (Å²) < 4.78 is 5.39. The number of morpholine rings is 1.